The van der Waals surface area contributed by atoms with Gasteiger partial charge in [0.1, 0.15) is 17.7 Å². The molecule has 2 aromatic rings. The molecule has 1 aliphatic carbocycles. The van der Waals surface area contributed by atoms with Gasteiger partial charge in [-0.05, 0) is 31.4 Å². The van der Waals surface area contributed by atoms with Gasteiger partial charge in [-0.1, -0.05) is 11.2 Å². The lowest BCUT2D eigenvalue weighted by atomic mass is 10.1. The molecule has 0 spiro atoms. The van der Waals surface area contributed by atoms with E-state index >= 15 is 0 Å². The van der Waals surface area contributed by atoms with Crippen molar-refractivity contribution in [3.63, 3.8) is 0 Å². The number of aromatic nitrogens is 2. The SMILES string of the molecule is O=C1CCC(c2nc(C3CC3)no2)N1Cc1c(F)cccc1F. The fourth-order valence-corrected chi connectivity index (χ4v) is 2.93. The summed E-state index contributed by atoms with van der Waals surface area (Å²) in [5, 5.41) is 3.95. The van der Waals surface area contributed by atoms with Crippen LogP contribution in [0, 0.1) is 11.6 Å². The molecule has 1 unspecified atom stereocenters. The molecular weight excluding hydrogens is 304 g/mol. The molecule has 1 saturated carbocycles. The van der Waals surface area contributed by atoms with Gasteiger partial charge in [0.25, 0.3) is 0 Å². The standard InChI is InChI=1S/C16H15F2N3O2/c17-11-2-1-3-12(18)10(11)8-21-13(6-7-14(21)22)16-19-15(20-23-16)9-4-5-9/h1-3,9,13H,4-8H2. The lowest BCUT2D eigenvalue weighted by molar-refractivity contribution is -0.130. The van der Waals surface area contributed by atoms with Crippen molar-refractivity contribution in [2.45, 2.75) is 44.2 Å². The average molecular weight is 319 g/mol. The quantitative estimate of drug-likeness (QED) is 0.869. The third-order valence-electron chi connectivity index (χ3n) is 4.40. The molecule has 4 rings (SSSR count). The average Bonchev–Trinajstić information content (AvgIpc) is 3.15. The molecule has 0 N–H and O–H groups in total. The summed E-state index contributed by atoms with van der Waals surface area (Å²) in [6, 6.07) is 3.26. The molecule has 1 aromatic heterocycles. The van der Waals surface area contributed by atoms with E-state index in [-0.39, 0.29) is 18.0 Å². The first-order chi connectivity index (χ1) is 11.1. The van der Waals surface area contributed by atoms with Crippen LogP contribution in [0.5, 0.6) is 0 Å². The van der Waals surface area contributed by atoms with Crippen LogP contribution < -0.4 is 0 Å². The van der Waals surface area contributed by atoms with Gasteiger partial charge in [-0.2, -0.15) is 4.98 Å². The van der Waals surface area contributed by atoms with Crippen LogP contribution in [0.3, 0.4) is 0 Å². The molecule has 7 heteroatoms. The van der Waals surface area contributed by atoms with Gasteiger partial charge >= 0.3 is 0 Å². The molecule has 1 aromatic carbocycles. The number of hydrogen-bond acceptors (Lipinski definition) is 4. The summed E-state index contributed by atoms with van der Waals surface area (Å²) in [5.74, 6) is -0.114. The van der Waals surface area contributed by atoms with Crippen LogP contribution in [0.25, 0.3) is 0 Å². The molecule has 1 saturated heterocycles. The van der Waals surface area contributed by atoms with Crippen molar-refractivity contribution in [2.75, 3.05) is 0 Å². The maximum atomic E-state index is 13.8. The van der Waals surface area contributed by atoms with E-state index in [4.69, 9.17) is 4.52 Å². The van der Waals surface area contributed by atoms with Crippen molar-refractivity contribution in [1.82, 2.24) is 15.0 Å². The summed E-state index contributed by atoms with van der Waals surface area (Å²) in [6.07, 6.45) is 2.92. The van der Waals surface area contributed by atoms with E-state index in [0.717, 1.165) is 12.8 Å². The molecule has 0 radical (unpaired) electrons. The zero-order valence-electron chi connectivity index (χ0n) is 12.3. The van der Waals surface area contributed by atoms with Gasteiger partial charge in [-0.3, -0.25) is 4.79 Å². The highest BCUT2D eigenvalue weighted by Crippen LogP contribution is 2.40. The van der Waals surface area contributed by atoms with Crippen LogP contribution in [0.15, 0.2) is 22.7 Å². The van der Waals surface area contributed by atoms with Crippen molar-refractivity contribution in [1.29, 1.82) is 0 Å². The number of rotatable bonds is 4. The highest BCUT2D eigenvalue weighted by atomic mass is 19.1. The third kappa shape index (κ3) is 2.60. The maximum absolute atomic E-state index is 13.8. The minimum Gasteiger partial charge on any atom is -0.337 e. The number of amides is 1. The molecule has 2 fully saturated rings. The molecule has 23 heavy (non-hydrogen) atoms. The Hall–Kier alpha value is -2.31. The van der Waals surface area contributed by atoms with Crippen molar-refractivity contribution in [2.24, 2.45) is 0 Å². The summed E-state index contributed by atoms with van der Waals surface area (Å²) in [5.41, 5.74) is -0.116. The number of likely N-dealkylation sites (tertiary alicyclic amines) is 1. The molecule has 1 amide bonds. The van der Waals surface area contributed by atoms with E-state index in [1.54, 1.807) is 0 Å². The summed E-state index contributed by atoms with van der Waals surface area (Å²) >= 11 is 0. The Morgan fingerprint density at radius 3 is 2.65 bits per heavy atom. The number of halogens is 2. The van der Waals surface area contributed by atoms with Gasteiger partial charge in [0, 0.05) is 17.9 Å². The van der Waals surface area contributed by atoms with Crippen LogP contribution in [0.4, 0.5) is 8.78 Å². The normalized spacial score (nSPS) is 21.2. The van der Waals surface area contributed by atoms with Gasteiger partial charge in [-0.25, -0.2) is 8.78 Å². The number of benzene rings is 1. The summed E-state index contributed by atoms with van der Waals surface area (Å²) in [6.45, 7) is -0.136. The lowest BCUT2D eigenvalue weighted by Gasteiger charge is -2.22. The first kappa shape index (κ1) is 14.3. The van der Waals surface area contributed by atoms with E-state index in [0.29, 0.717) is 30.5 Å². The Bertz CT molecular complexity index is 737. The first-order valence-corrected chi connectivity index (χ1v) is 7.69. The monoisotopic (exact) mass is 319 g/mol. The Kier molecular flexibility index (Phi) is 3.36. The van der Waals surface area contributed by atoms with Crippen LogP contribution >= 0.6 is 0 Å². The predicted octanol–water partition coefficient (Wildman–Crippen LogP) is 3.09. The van der Waals surface area contributed by atoms with Gasteiger partial charge in [0.15, 0.2) is 5.82 Å². The topological polar surface area (TPSA) is 59.2 Å². The second-order valence-electron chi connectivity index (χ2n) is 6.04. The van der Waals surface area contributed by atoms with Gasteiger partial charge in [-0.15, -0.1) is 0 Å². The van der Waals surface area contributed by atoms with E-state index in [1.165, 1.54) is 23.1 Å². The van der Waals surface area contributed by atoms with Gasteiger partial charge in [0.05, 0.1) is 6.54 Å². The molecule has 1 atom stereocenters. The van der Waals surface area contributed by atoms with Crippen molar-refractivity contribution in [3.05, 3.63) is 47.1 Å². The third-order valence-corrected chi connectivity index (χ3v) is 4.40. The predicted molar refractivity (Wildman–Crippen MR) is 75.2 cm³/mol. The fourth-order valence-electron chi connectivity index (χ4n) is 2.93. The zero-order valence-corrected chi connectivity index (χ0v) is 12.3. The molecule has 120 valence electrons. The molecule has 1 aliphatic heterocycles. The molecule has 5 nitrogen and oxygen atoms in total. The highest BCUT2D eigenvalue weighted by molar-refractivity contribution is 5.78. The van der Waals surface area contributed by atoms with Crippen LogP contribution in [-0.4, -0.2) is 20.9 Å². The maximum Gasteiger partial charge on any atom is 0.249 e. The van der Waals surface area contributed by atoms with E-state index in [2.05, 4.69) is 10.1 Å². The Labute approximate surface area is 131 Å². The van der Waals surface area contributed by atoms with Crippen LogP contribution in [0.2, 0.25) is 0 Å². The van der Waals surface area contributed by atoms with Gasteiger partial charge in [0.2, 0.25) is 11.8 Å². The number of carbonyl (C=O) groups is 1. The molecule has 2 aliphatic rings. The second kappa shape index (κ2) is 5.40. The number of hydrogen-bond donors (Lipinski definition) is 0. The number of nitrogens with zero attached hydrogens (tertiary/aromatic N) is 3. The van der Waals surface area contributed by atoms with Crippen molar-refractivity contribution in [3.8, 4) is 0 Å². The van der Waals surface area contributed by atoms with E-state index in [1.807, 2.05) is 0 Å². The Morgan fingerprint density at radius 1 is 1.22 bits per heavy atom. The molecule has 0 bridgehead atoms. The summed E-state index contributed by atoms with van der Waals surface area (Å²) < 4.78 is 33.0. The lowest BCUT2D eigenvalue weighted by Crippen LogP contribution is -2.28. The van der Waals surface area contributed by atoms with E-state index in [9.17, 15) is 13.6 Å². The largest absolute Gasteiger partial charge is 0.337 e. The van der Waals surface area contributed by atoms with Crippen molar-refractivity contribution >= 4 is 5.91 Å². The minimum absolute atomic E-state index is 0.116. The highest BCUT2D eigenvalue weighted by Gasteiger charge is 2.38. The van der Waals surface area contributed by atoms with Crippen molar-refractivity contribution < 1.29 is 18.1 Å². The molecule has 2 heterocycles. The minimum atomic E-state index is -0.660. The Balaban J connectivity index is 1.60. The van der Waals surface area contributed by atoms with E-state index < -0.39 is 17.7 Å². The Morgan fingerprint density at radius 2 is 1.96 bits per heavy atom. The smallest absolute Gasteiger partial charge is 0.249 e. The summed E-state index contributed by atoms with van der Waals surface area (Å²) in [7, 11) is 0. The zero-order chi connectivity index (χ0) is 16.0. The second-order valence-corrected chi connectivity index (χ2v) is 6.04. The molecular formula is C16H15F2N3O2. The van der Waals surface area contributed by atoms with Crippen LogP contribution in [-0.2, 0) is 11.3 Å². The van der Waals surface area contributed by atoms with Gasteiger partial charge < -0.3 is 9.42 Å². The first-order valence-electron chi connectivity index (χ1n) is 7.69. The van der Waals surface area contributed by atoms with Crippen LogP contribution in [0.1, 0.15) is 54.9 Å². The fraction of sp³-hybridized carbons (Fsp3) is 0.438. The number of carbonyl (C=O) groups excluding carboxylic acids is 1. The summed E-state index contributed by atoms with van der Waals surface area (Å²) in [4.78, 5) is 17.9.